The maximum Gasteiger partial charge on any atom is 0.0633 e. The Labute approximate surface area is 131 Å². The van der Waals surface area contributed by atoms with Crippen LogP contribution in [0.2, 0.25) is 0 Å². The number of hydrogen-bond donors (Lipinski definition) is 1. The highest BCUT2D eigenvalue weighted by Crippen LogP contribution is 2.35. The molecule has 0 aliphatic heterocycles. The average Bonchev–Trinajstić information content (AvgIpc) is 2.39. The smallest absolute Gasteiger partial charge is 0.0633 e. The molecule has 0 radical (unpaired) electrons. The monoisotopic (exact) mass is 381 g/mol. The fourth-order valence-corrected chi connectivity index (χ4v) is 3.31. The normalized spacial score (nSPS) is 12.5. The van der Waals surface area contributed by atoms with Gasteiger partial charge in [-0.15, -0.1) is 0 Å². The first-order valence-electron chi connectivity index (χ1n) is 6.35. The fourth-order valence-electron chi connectivity index (χ4n) is 2.09. The maximum atomic E-state index is 3.64. The standard InChI is InChI=1S/C16H17Br2N/c1-11(2)15(12-7-4-3-5-8-12)19-16-13(17)9-6-10-14(16)18/h3-11,15,19H,1-2H3. The summed E-state index contributed by atoms with van der Waals surface area (Å²) in [5.74, 6) is 0.501. The van der Waals surface area contributed by atoms with Gasteiger partial charge in [0.05, 0.1) is 11.7 Å². The highest BCUT2D eigenvalue weighted by molar-refractivity contribution is 9.11. The first-order chi connectivity index (χ1) is 9.09. The zero-order chi connectivity index (χ0) is 13.8. The van der Waals surface area contributed by atoms with E-state index in [0.717, 1.165) is 14.6 Å². The van der Waals surface area contributed by atoms with E-state index in [0.29, 0.717) is 5.92 Å². The van der Waals surface area contributed by atoms with Gasteiger partial charge >= 0.3 is 0 Å². The summed E-state index contributed by atoms with van der Waals surface area (Å²) < 4.78 is 2.15. The molecule has 2 aromatic carbocycles. The summed E-state index contributed by atoms with van der Waals surface area (Å²) in [6, 6.07) is 17.0. The molecule has 0 fully saturated rings. The Morgan fingerprint density at radius 1 is 0.842 bits per heavy atom. The van der Waals surface area contributed by atoms with Gasteiger partial charge in [-0.3, -0.25) is 0 Å². The summed E-state index contributed by atoms with van der Waals surface area (Å²) in [5.41, 5.74) is 2.41. The van der Waals surface area contributed by atoms with Crippen molar-refractivity contribution in [3.8, 4) is 0 Å². The number of benzene rings is 2. The topological polar surface area (TPSA) is 12.0 Å². The Balaban J connectivity index is 2.33. The minimum atomic E-state index is 0.288. The molecule has 1 unspecified atom stereocenters. The highest BCUT2D eigenvalue weighted by Gasteiger charge is 2.17. The number of para-hydroxylation sites is 1. The van der Waals surface area contributed by atoms with Crippen molar-refractivity contribution in [2.45, 2.75) is 19.9 Å². The summed E-state index contributed by atoms with van der Waals surface area (Å²) in [5, 5.41) is 3.64. The lowest BCUT2D eigenvalue weighted by atomic mass is 9.96. The van der Waals surface area contributed by atoms with Gasteiger partial charge in [0.2, 0.25) is 0 Å². The highest BCUT2D eigenvalue weighted by atomic mass is 79.9. The van der Waals surface area contributed by atoms with Crippen LogP contribution >= 0.6 is 31.9 Å². The van der Waals surface area contributed by atoms with Gasteiger partial charge in [-0.05, 0) is 55.5 Å². The molecule has 1 N–H and O–H groups in total. The number of nitrogens with one attached hydrogen (secondary N) is 1. The molecule has 0 spiro atoms. The van der Waals surface area contributed by atoms with Crippen LogP contribution in [0.15, 0.2) is 57.5 Å². The molecular formula is C16H17Br2N. The predicted octanol–water partition coefficient (Wildman–Crippen LogP) is 6.02. The molecule has 0 bridgehead atoms. The van der Waals surface area contributed by atoms with Crippen LogP contribution < -0.4 is 5.32 Å². The molecule has 0 saturated heterocycles. The Kier molecular flexibility index (Phi) is 5.06. The van der Waals surface area contributed by atoms with Crippen LogP contribution in [0.4, 0.5) is 5.69 Å². The molecule has 0 saturated carbocycles. The number of rotatable bonds is 4. The molecule has 0 aromatic heterocycles. The number of halogens is 2. The fraction of sp³-hybridized carbons (Fsp3) is 0.250. The number of hydrogen-bond acceptors (Lipinski definition) is 1. The minimum Gasteiger partial charge on any atom is -0.376 e. The Morgan fingerprint density at radius 2 is 1.42 bits per heavy atom. The molecule has 2 rings (SSSR count). The van der Waals surface area contributed by atoms with Crippen molar-refractivity contribution in [3.05, 3.63) is 63.0 Å². The van der Waals surface area contributed by atoms with Crippen LogP contribution in [-0.4, -0.2) is 0 Å². The quantitative estimate of drug-likeness (QED) is 0.681. The second-order valence-electron chi connectivity index (χ2n) is 4.87. The van der Waals surface area contributed by atoms with Crippen LogP contribution in [0.25, 0.3) is 0 Å². The van der Waals surface area contributed by atoms with Crippen molar-refractivity contribution in [2.75, 3.05) is 5.32 Å². The molecule has 0 aliphatic carbocycles. The van der Waals surface area contributed by atoms with Crippen molar-refractivity contribution in [1.29, 1.82) is 0 Å². The van der Waals surface area contributed by atoms with E-state index in [2.05, 4.69) is 93.5 Å². The maximum absolute atomic E-state index is 3.64. The van der Waals surface area contributed by atoms with E-state index in [1.807, 2.05) is 6.07 Å². The lowest BCUT2D eigenvalue weighted by Crippen LogP contribution is -2.17. The van der Waals surface area contributed by atoms with Crippen LogP contribution in [-0.2, 0) is 0 Å². The molecule has 1 atom stereocenters. The average molecular weight is 383 g/mol. The van der Waals surface area contributed by atoms with Crippen molar-refractivity contribution in [2.24, 2.45) is 5.92 Å². The van der Waals surface area contributed by atoms with Gasteiger partial charge in [0.15, 0.2) is 0 Å². The van der Waals surface area contributed by atoms with Gasteiger partial charge in [0.1, 0.15) is 0 Å². The summed E-state index contributed by atoms with van der Waals surface area (Å²) in [6.45, 7) is 4.46. The van der Waals surface area contributed by atoms with Crippen molar-refractivity contribution >= 4 is 37.5 Å². The first-order valence-corrected chi connectivity index (χ1v) is 7.93. The van der Waals surface area contributed by atoms with Gasteiger partial charge in [0, 0.05) is 8.95 Å². The van der Waals surface area contributed by atoms with E-state index < -0.39 is 0 Å². The van der Waals surface area contributed by atoms with E-state index >= 15 is 0 Å². The third kappa shape index (κ3) is 3.61. The van der Waals surface area contributed by atoms with Crippen LogP contribution in [0.1, 0.15) is 25.5 Å². The van der Waals surface area contributed by atoms with Gasteiger partial charge in [-0.1, -0.05) is 50.2 Å². The van der Waals surface area contributed by atoms with Crippen molar-refractivity contribution in [3.63, 3.8) is 0 Å². The van der Waals surface area contributed by atoms with Crippen molar-refractivity contribution in [1.82, 2.24) is 0 Å². The second-order valence-corrected chi connectivity index (χ2v) is 6.58. The minimum absolute atomic E-state index is 0.288. The molecule has 0 heterocycles. The summed E-state index contributed by atoms with van der Waals surface area (Å²) in [4.78, 5) is 0. The lowest BCUT2D eigenvalue weighted by Gasteiger charge is -2.25. The molecule has 0 amide bonds. The van der Waals surface area contributed by atoms with Crippen LogP contribution in [0.5, 0.6) is 0 Å². The summed E-state index contributed by atoms with van der Waals surface area (Å²) in [6.07, 6.45) is 0. The van der Waals surface area contributed by atoms with Gasteiger partial charge in [0.25, 0.3) is 0 Å². The molecule has 0 aliphatic rings. The largest absolute Gasteiger partial charge is 0.376 e. The van der Waals surface area contributed by atoms with Gasteiger partial charge < -0.3 is 5.32 Å². The summed E-state index contributed by atoms with van der Waals surface area (Å²) in [7, 11) is 0. The third-order valence-corrected chi connectivity index (χ3v) is 4.41. The van der Waals surface area contributed by atoms with E-state index in [9.17, 15) is 0 Å². The Bertz CT molecular complexity index is 517. The molecular weight excluding hydrogens is 366 g/mol. The zero-order valence-electron chi connectivity index (χ0n) is 11.0. The van der Waals surface area contributed by atoms with Crippen molar-refractivity contribution < 1.29 is 0 Å². The Morgan fingerprint density at radius 3 is 1.95 bits per heavy atom. The number of anilines is 1. The first kappa shape index (κ1) is 14.6. The predicted molar refractivity (Wildman–Crippen MR) is 89.5 cm³/mol. The van der Waals surface area contributed by atoms with Gasteiger partial charge in [-0.25, -0.2) is 0 Å². The molecule has 1 nitrogen and oxygen atoms in total. The van der Waals surface area contributed by atoms with Crippen LogP contribution in [0, 0.1) is 5.92 Å². The summed E-state index contributed by atoms with van der Waals surface area (Å²) >= 11 is 7.21. The molecule has 3 heteroatoms. The van der Waals surface area contributed by atoms with Gasteiger partial charge in [-0.2, -0.15) is 0 Å². The Hall–Kier alpha value is -0.800. The molecule has 2 aromatic rings. The molecule has 19 heavy (non-hydrogen) atoms. The van der Waals surface area contributed by atoms with E-state index in [1.165, 1.54) is 5.56 Å². The zero-order valence-corrected chi connectivity index (χ0v) is 14.2. The third-order valence-electron chi connectivity index (χ3n) is 3.09. The van der Waals surface area contributed by atoms with Crippen LogP contribution in [0.3, 0.4) is 0 Å². The second kappa shape index (κ2) is 6.58. The van der Waals surface area contributed by atoms with E-state index in [-0.39, 0.29) is 6.04 Å². The SMILES string of the molecule is CC(C)C(Nc1c(Br)cccc1Br)c1ccccc1. The van der Waals surface area contributed by atoms with E-state index in [1.54, 1.807) is 0 Å². The molecule has 100 valence electrons. The van der Waals surface area contributed by atoms with E-state index in [4.69, 9.17) is 0 Å². The lowest BCUT2D eigenvalue weighted by molar-refractivity contribution is 0.546.